The van der Waals surface area contributed by atoms with Crippen LogP contribution in [0.3, 0.4) is 0 Å². The molecule has 0 aliphatic rings. The maximum Gasteiger partial charge on any atom is 0.236 e. The molecule has 1 amide bonds. The van der Waals surface area contributed by atoms with E-state index in [4.69, 9.17) is 4.42 Å². The maximum atomic E-state index is 12.8. The zero-order valence-corrected chi connectivity index (χ0v) is 11.4. The van der Waals surface area contributed by atoms with Crippen molar-refractivity contribution in [2.45, 2.75) is 19.5 Å². The van der Waals surface area contributed by atoms with Crippen LogP contribution in [0.25, 0.3) is 11.3 Å². The van der Waals surface area contributed by atoms with E-state index in [0.29, 0.717) is 12.3 Å². The third-order valence-corrected chi connectivity index (χ3v) is 3.01. The fraction of sp³-hybridized carbons (Fsp3) is 0.267. The lowest BCUT2D eigenvalue weighted by Crippen LogP contribution is -2.40. The summed E-state index contributed by atoms with van der Waals surface area (Å²) in [6, 6.07) is 9.49. The van der Waals surface area contributed by atoms with Crippen LogP contribution in [0.15, 0.2) is 40.8 Å². The first-order chi connectivity index (χ1) is 9.60. The second-order valence-electron chi connectivity index (χ2n) is 4.49. The number of hydrogen-bond donors (Lipinski definition) is 2. The van der Waals surface area contributed by atoms with E-state index >= 15 is 0 Å². The highest BCUT2D eigenvalue weighted by atomic mass is 19.1. The molecular weight excluding hydrogens is 259 g/mol. The molecule has 2 aromatic rings. The lowest BCUT2D eigenvalue weighted by Gasteiger charge is -2.10. The van der Waals surface area contributed by atoms with E-state index in [1.165, 1.54) is 12.1 Å². The number of benzene rings is 1. The number of likely N-dealkylation sites (N-methyl/N-ethyl adjacent to an activating group) is 1. The number of carbonyl (C=O) groups excluding carboxylic acids is 1. The third kappa shape index (κ3) is 3.45. The van der Waals surface area contributed by atoms with E-state index < -0.39 is 0 Å². The number of carbonyl (C=O) groups is 1. The number of hydrogen-bond acceptors (Lipinski definition) is 3. The third-order valence-electron chi connectivity index (χ3n) is 3.01. The summed E-state index contributed by atoms with van der Waals surface area (Å²) in [5, 5.41) is 5.63. The highest BCUT2D eigenvalue weighted by molar-refractivity contribution is 5.80. The van der Waals surface area contributed by atoms with Crippen LogP contribution in [0, 0.1) is 5.82 Å². The Balaban J connectivity index is 1.99. The molecule has 20 heavy (non-hydrogen) atoms. The summed E-state index contributed by atoms with van der Waals surface area (Å²) in [6.07, 6.45) is 0. The van der Waals surface area contributed by atoms with Crippen molar-refractivity contribution in [3.63, 3.8) is 0 Å². The van der Waals surface area contributed by atoms with Gasteiger partial charge in [-0.3, -0.25) is 10.1 Å². The standard InChI is InChI=1S/C15H17FN2O2/c1-10(15(19)17-2)18-9-13-7-8-14(20-13)11-3-5-12(16)6-4-11/h3-8,10,18H,9H2,1-2H3,(H,17,19). The van der Waals surface area contributed by atoms with Gasteiger partial charge in [0.25, 0.3) is 0 Å². The molecule has 5 heteroatoms. The van der Waals surface area contributed by atoms with Gasteiger partial charge in [-0.2, -0.15) is 0 Å². The first-order valence-corrected chi connectivity index (χ1v) is 6.40. The first-order valence-electron chi connectivity index (χ1n) is 6.40. The van der Waals surface area contributed by atoms with Crippen molar-refractivity contribution in [2.24, 2.45) is 0 Å². The van der Waals surface area contributed by atoms with Gasteiger partial charge in [0.05, 0.1) is 12.6 Å². The van der Waals surface area contributed by atoms with Gasteiger partial charge in [0.2, 0.25) is 5.91 Å². The SMILES string of the molecule is CNC(=O)C(C)NCc1ccc(-c2ccc(F)cc2)o1. The summed E-state index contributed by atoms with van der Waals surface area (Å²) in [7, 11) is 1.60. The van der Waals surface area contributed by atoms with Crippen molar-refractivity contribution < 1.29 is 13.6 Å². The molecule has 4 nitrogen and oxygen atoms in total. The molecule has 0 bridgehead atoms. The van der Waals surface area contributed by atoms with Gasteiger partial charge in [-0.25, -0.2) is 4.39 Å². The zero-order valence-electron chi connectivity index (χ0n) is 11.4. The Morgan fingerprint density at radius 3 is 2.60 bits per heavy atom. The Morgan fingerprint density at radius 1 is 1.25 bits per heavy atom. The summed E-state index contributed by atoms with van der Waals surface area (Å²) in [6.45, 7) is 2.23. The molecular formula is C15H17FN2O2. The molecule has 0 aliphatic carbocycles. The highest BCUT2D eigenvalue weighted by Crippen LogP contribution is 2.22. The topological polar surface area (TPSA) is 54.3 Å². The normalized spacial score (nSPS) is 12.2. The van der Waals surface area contributed by atoms with E-state index in [0.717, 1.165) is 11.3 Å². The van der Waals surface area contributed by atoms with Crippen molar-refractivity contribution in [3.8, 4) is 11.3 Å². The monoisotopic (exact) mass is 276 g/mol. The minimum absolute atomic E-state index is 0.0738. The molecule has 106 valence electrons. The van der Waals surface area contributed by atoms with Crippen molar-refractivity contribution in [2.75, 3.05) is 7.05 Å². The van der Waals surface area contributed by atoms with Gasteiger partial charge >= 0.3 is 0 Å². The van der Waals surface area contributed by atoms with Gasteiger partial charge in [-0.05, 0) is 43.3 Å². The summed E-state index contributed by atoms with van der Waals surface area (Å²) in [5.74, 6) is 1.05. The molecule has 1 heterocycles. The van der Waals surface area contributed by atoms with Gasteiger partial charge in [-0.1, -0.05) is 0 Å². The molecule has 1 aromatic heterocycles. The largest absolute Gasteiger partial charge is 0.460 e. The van der Waals surface area contributed by atoms with Gasteiger partial charge in [0.15, 0.2) is 0 Å². The fourth-order valence-corrected chi connectivity index (χ4v) is 1.81. The second-order valence-corrected chi connectivity index (χ2v) is 4.49. The molecule has 0 spiro atoms. The van der Waals surface area contributed by atoms with Crippen molar-refractivity contribution >= 4 is 5.91 Å². The zero-order chi connectivity index (χ0) is 14.5. The van der Waals surface area contributed by atoms with Crippen LogP contribution < -0.4 is 10.6 Å². The minimum atomic E-state index is -0.292. The van der Waals surface area contributed by atoms with Crippen LogP contribution in [0.5, 0.6) is 0 Å². The lowest BCUT2D eigenvalue weighted by molar-refractivity contribution is -0.122. The van der Waals surface area contributed by atoms with Crippen molar-refractivity contribution in [1.29, 1.82) is 0 Å². The number of rotatable bonds is 5. The van der Waals surface area contributed by atoms with Gasteiger partial charge in [0.1, 0.15) is 17.3 Å². The Morgan fingerprint density at radius 2 is 1.95 bits per heavy atom. The molecule has 1 unspecified atom stereocenters. The Kier molecular flexibility index (Phi) is 4.53. The summed E-state index contributed by atoms with van der Waals surface area (Å²) in [4.78, 5) is 11.4. The Hall–Kier alpha value is -2.14. The Labute approximate surface area is 117 Å². The predicted molar refractivity (Wildman–Crippen MR) is 74.5 cm³/mol. The highest BCUT2D eigenvalue weighted by Gasteiger charge is 2.11. The summed E-state index contributed by atoms with van der Waals surface area (Å²) < 4.78 is 18.5. The summed E-state index contributed by atoms with van der Waals surface area (Å²) >= 11 is 0. The van der Waals surface area contributed by atoms with Crippen LogP contribution in [-0.4, -0.2) is 19.0 Å². The van der Waals surface area contributed by atoms with Crippen LogP contribution in [0.2, 0.25) is 0 Å². The van der Waals surface area contributed by atoms with Crippen LogP contribution in [0.1, 0.15) is 12.7 Å². The quantitative estimate of drug-likeness (QED) is 0.881. The molecule has 0 aliphatic heterocycles. The lowest BCUT2D eigenvalue weighted by atomic mass is 10.2. The molecule has 1 aromatic carbocycles. The number of furan rings is 1. The summed E-state index contributed by atoms with van der Waals surface area (Å²) in [5.41, 5.74) is 0.817. The molecule has 1 atom stereocenters. The molecule has 0 radical (unpaired) electrons. The maximum absolute atomic E-state index is 12.8. The molecule has 2 N–H and O–H groups in total. The van der Waals surface area contributed by atoms with Gasteiger partial charge in [0, 0.05) is 12.6 Å². The average Bonchev–Trinajstić information content (AvgIpc) is 2.93. The van der Waals surface area contributed by atoms with Gasteiger partial charge in [-0.15, -0.1) is 0 Å². The van der Waals surface area contributed by atoms with E-state index in [-0.39, 0.29) is 17.8 Å². The fourth-order valence-electron chi connectivity index (χ4n) is 1.81. The molecule has 2 rings (SSSR count). The number of amides is 1. The predicted octanol–water partition coefficient (Wildman–Crippen LogP) is 2.31. The van der Waals surface area contributed by atoms with Gasteiger partial charge < -0.3 is 9.73 Å². The number of halogens is 1. The van der Waals surface area contributed by atoms with Crippen LogP contribution in [-0.2, 0) is 11.3 Å². The van der Waals surface area contributed by atoms with Crippen LogP contribution in [0.4, 0.5) is 4.39 Å². The molecule has 0 saturated carbocycles. The minimum Gasteiger partial charge on any atom is -0.460 e. The molecule has 0 fully saturated rings. The second kappa shape index (κ2) is 6.34. The van der Waals surface area contributed by atoms with E-state index in [9.17, 15) is 9.18 Å². The average molecular weight is 276 g/mol. The van der Waals surface area contributed by atoms with E-state index in [1.807, 2.05) is 12.1 Å². The van der Waals surface area contributed by atoms with E-state index in [2.05, 4.69) is 10.6 Å². The molecule has 0 saturated heterocycles. The van der Waals surface area contributed by atoms with Crippen molar-refractivity contribution in [1.82, 2.24) is 10.6 Å². The van der Waals surface area contributed by atoms with Crippen molar-refractivity contribution in [3.05, 3.63) is 48.0 Å². The smallest absolute Gasteiger partial charge is 0.236 e. The van der Waals surface area contributed by atoms with E-state index in [1.54, 1.807) is 26.1 Å². The first kappa shape index (κ1) is 14.3. The van der Waals surface area contributed by atoms with Crippen LogP contribution >= 0.6 is 0 Å². The number of nitrogens with one attached hydrogen (secondary N) is 2. The Bertz CT molecular complexity index is 578.